The van der Waals surface area contributed by atoms with Crippen LogP contribution in [0.3, 0.4) is 0 Å². The highest BCUT2D eigenvalue weighted by Crippen LogP contribution is 2.26. The number of carbonyl (C=O) groups excluding carboxylic acids is 1. The highest BCUT2D eigenvalue weighted by Gasteiger charge is 2.27. The van der Waals surface area contributed by atoms with Crippen LogP contribution in [0.5, 0.6) is 0 Å². The van der Waals surface area contributed by atoms with Crippen molar-refractivity contribution in [2.45, 2.75) is 19.1 Å². The molecular formula is C23H19N5O2. The fourth-order valence-corrected chi connectivity index (χ4v) is 3.45. The van der Waals surface area contributed by atoms with Crippen molar-refractivity contribution in [1.82, 2.24) is 19.9 Å². The number of rotatable bonds is 5. The van der Waals surface area contributed by atoms with Gasteiger partial charge in [-0.15, -0.1) is 0 Å². The summed E-state index contributed by atoms with van der Waals surface area (Å²) in [5, 5.41) is 6.85. The van der Waals surface area contributed by atoms with Crippen LogP contribution in [0.25, 0.3) is 16.9 Å². The van der Waals surface area contributed by atoms with E-state index in [9.17, 15) is 4.79 Å². The van der Waals surface area contributed by atoms with Gasteiger partial charge >= 0.3 is 0 Å². The van der Waals surface area contributed by atoms with Crippen molar-refractivity contribution in [3.8, 4) is 5.82 Å². The first-order valence-electron chi connectivity index (χ1n) is 9.71. The number of hydrogen-bond donors (Lipinski definition) is 1. The minimum atomic E-state index is -0.224. The molecule has 7 heteroatoms. The predicted molar refractivity (Wildman–Crippen MR) is 113 cm³/mol. The van der Waals surface area contributed by atoms with E-state index < -0.39 is 0 Å². The molecular weight excluding hydrogens is 378 g/mol. The van der Waals surface area contributed by atoms with Crippen LogP contribution in [0.1, 0.15) is 23.7 Å². The van der Waals surface area contributed by atoms with E-state index in [-0.39, 0.29) is 12.0 Å². The van der Waals surface area contributed by atoms with E-state index in [1.807, 2.05) is 71.3 Å². The number of pyridine rings is 1. The van der Waals surface area contributed by atoms with Crippen molar-refractivity contribution in [2.24, 2.45) is 5.16 Å². The maximum atomic E-state index is 12.4. The maximum Gasteiger partial charge on any atom is 0.269 e. The molecule has 0 fully saturated rings. The third-order valence-corrected chi connectivity index (χ3v) is 5.06. The smallest absolute Gasteiger partial charge is 0.269 e. The fraction of sp³-hybridized carbons (Fsp3) is 0.130. The Morgan fingerprint density at radius 1 is 1.03 bits per heavy atom. The summed E-state index contributed by atoms with van der Waals surface area (Å²) < 4.78 is 1.94. The molecule has 0 radical (unpaired) electrons. The van der Waals surface area contributed by atoms with Crippen LogP contribution < -0.4 is 5.32 Å². The first kappa shape index (κ1) is 18.1. The molecule has 1 amide bonds. The highest BCUT2D eigenvalue weighted by molar-refractivity contribution is 6.39. The van der Waals surface area contributed by atoms with E-state index in [1.165, 1.54) is 0 Å². The van der Waals surface area contributed by atoms with Crippen molar-refractivity contribution >= 4 is 22.7 Å². The van der Waals surface area contributed by atoms with Crippen LogP contribution >= 0.6 is 0 Å². The number of aromatic nitrogens is 3. The average molecular weight is 397 g/mol. The number of hydrogen-bond acceptors (Lipinski definition) is 5. The van der Waals surface area contributed by atoms with Crippen LogP contribution in [-0.2, 0) is 16.2 Å². The van der Waals surface area contributed by atoms with Crippen LogP contribution in [0.2, 0.25) is 0 Å². The predicted octanol–water partition coefficient (Wildman–Crippen LogP) is 3.55. The molecule has 148 valence electrons. The van der Waals surface area contributed by atoms with E-state index >= 15 is 0 Å². The zero-order valence-electron chi connectivity index (χ0n) is 16.1. The van der Waals surface area contributed by atoms with E-state index in [0.29, 0.717) is 18.7 Å². The van der Waals surface area contributed by atoms with Crippen LogP contribution in [0, 0.1) is 0 Å². The Hall–Kier alpha value is -4.00. The summed E-state index contributed by atoms with van der Waals surface area (Å²) in [6.07, 6.45) is 3.76. The molecule has 1 aliphatic rings. The van der Waals surface area contributed by atoms with Crippen molar-refractivity contribution in [3.63, 3.8) is 0 Å². The number of benzene rings is 2. The van der Waals surface area contributed by atoms with Crippen molar-refractivity contribution in [2.75, 3.05) is 0 Å². The van der Waals surface area contributed by atoms with Gasteiger partial charge in [-0.3, -0.25) is 9.36 Å². The number of oxime groups is 1. The molecule has 4 aromatic rings. The van der Waals surface area contributed by atoms with Crippen molar-refractivity contribution in [1.29, 1.82) is 0 Å². The van der Waals surface area contributed by atoms with Gasteiger partial charge in [0.15, 0.2) is 6.10 Å². The van der Waals surface area contributed by atoms with Gasteiger partial charge in [0.1, 0.15) is 17.9 Å². The Labute approximate surface area is 173 Å². The molecule has 0 spiro atoms. The van der Waals surface area contributed by atoms with Crippen molar-refractivity contribution in [3.05, 3.63) is 90.4 Å². The largest absolute Gasteiger partial charge is 0.387 e. The normalized spacial score (nSPS) is 15.6. The summed E-state index contributed by atoms with van der Waals surface area (Å²) in [5.41, 5.74) is 4.23. The SMILES string of the molecule is O=C(NCc1ccc(-n2cnc3ccccc32)nc1)C1=NOC(c2ccccc2)C1. The number of nitrogens with zero attached hydrogens (tertiary/aromatic N) is 4. The van der Waals surface area contributed by atoms with Gasteiger partial charge < -0.3 is 10.2 Å². The lowest BCUT2D eigenvalue weighted by Gasteiger charge is -2.08. The Bertz CT molecular complexity index is 1220. The molecule has 30 heavy (non-hydrogen) atoms. The van der Waals surface area contributed by atoms with Crippen LogP contribution in [0.4, 0.5) is 0 Å². The maximum absolute atomic E-state index is 12.4. The molecule has 0 saturated carbocycles. The molecule has 1 atom stereocenters. The second-order valence-corrected chi connectivity index (χ2v) is 7.06. The Balaban J connectivity index is 1.20. The average Bonchev–Trinajstić information content (AvgIpc) is 3.46. The summed E-state index contributed by atoms with van der Waals surface area (Å²) >= 11 is 0. The van der Waals surface area contributed by atoms with Gasteiger partial charge in [-0.25, -0.2) is 9.97 Å². The number of fused-ring (bicyclic) bond motifs is 1. The number of amides is 1. The van der Waals surface area contributed by atoms with Crippen molar-refractivity contribution < 1.29 is 9.63 Å². The molecule has 1 N–H and O–H groups in total. The van der Waals surface area contributed by atoms with E-state index in [2.05, 4.69) is 20.4 Å². The molecule has 3 heterocycles. The van der Waals surface area contributed by atoms with Gasteiger partial charge in [0.2, 0.25) is 0 Å². The number of nitrogens with one attached hydrogen (secondary N) is 1. The zero-order chi connectivity index (χ0) is 20.3. The van der Waals surface area contributed by atoms with Gasteiger partial charge in [0, 0.05) is 19.2 Å². The molecule has 2 aromatic carbocycles. The summed E-state index contributed by atoms with van der Waals surface area (Å²) in [4.78, 5) is 26.8. The summed E-state index contributed by atoms with van der Waals surface area (Å²) in [6, 6.07) is 21.5. The standard InChI is InChI=1S/C23H19N5O2/c29-23(19-12-21(30-27-19)17-6-2-1-3-7-17)25-14-16-10-11-22(24-13-16)28-15-26-18-8-4-5-9-20(18)28/h1-11,13,15,21H,12,14H2,(H,25,29). The number of imidazole rings is 1. The summed E-state index contributed by atoms with van der Waals surface area (Å²) in [6.45, 7) is 0.367. The topological polar surface area (TPSA) is 81.4 Å². The molecule has 0 aliphatic carbocycles. The lowest BCUT2D eigenvalue weighted by molar-refractivity contribution is -0.115. The first-order chi connectivity index (χ1) is 14.8. The van der Waals surface area contributed by atoms with E-state index in [0.717, 1.165) is 28.0 Å². The van der Waals surface area contributed by atoms with Crippen LogP contribution in [-0.4, -0.2) is 26.2 Å². The monoisotopic (exact) mass is 397 g/mol. The molecule has 5 rings (SSSR count). The van der Waals surface area contributed by atoms with Crippen LogP contribution in [0.15, 0.2) is 84.4 Å². The molecule has 1 unspecified atom stereocenters. The number of carbonyl (C=O) groups is 1. The van der Waals surface area contributed by atoms with Gasteiger partial charge in [0.25, 0.3) is 5.91 Å². The van der Waals surface area contributed by atoms with Gasteiger partial charge in [-0.1, -0.05) is 53.7 Å². The van der Waals surface area contributed by atoms with Gasteiger partial charge in [-0.2, -0.15) is 0 Å². The summed E-state index contributed by atoms with van der Waals surface area (Å²) in [7, 11) is 0. The zero-order valence-corrected chi connectivity index (χ0v) is 16.1. The Morgan fingerprint density at radius 2 is 1.87 bits per heavy atom. The fourth-order valence-electron chi connectivity index (χ4n) is 3.45. The minimum absolute atomic E-state index is 0.210. The Kier molecular flexibility index (Phi) is 4.69. The number of para-hydroxylation sites is 2. The first-order valence-corrected chi connectivity index (χ1v) is 9.71. The Morgan fingerprint density at radius 3 is 2.70 bits per heavy atom. The van der Waals surface area contributed by atoms with E-state index in [4.69, 9.17) is 4.84 Å². The molecule has 2 aromatic heterocycles. The van der Waals surface area contributed by atoms with E-state index in [1.54, 1.807) is 12.5 Å². The highest BCUT2D eigenvalue weighted by atomic mass is 16.6. The lowest BCUT2D eigenvalue weighted by Crippen LogP contribution is -2.30. The minimum Gasteiger partial charge on any atom is -0.387 e. The summed E-state index contributed by atoms with van der Waals surface area (Å²) in [5.74, 6) is 0.552. The molecule has 1 aliphatic heterocycles. The third-order valence-electron chi connectivity index (χ3n) is 5.06. The molecule has 0 saturated heterocycles. The second kappa shape index (κ2) is 7.79. The second-order valence-electron chi connectivity index (χ2n) is 7.06. The van der Waals surface area contributed by atoms with Gasteiger partial charge in [-0.05, 0) is 29.3 Å². The third kappa shape index (κ3) is 3.53. The quantitative estimate of drug-likeness (QED) is 0.558. The molecule has 0 bridgehead atoms. The molecule has 7 nitrogen and oxygen atoms in total. The lowest BCUT2D eigenvalue weighted by atomic mass is 10.0. The van der Waals surface area contributed by atoms with Gasteiger partial charge in [0.05, 0.1) is 11.0 Å².